The average molecular weight is 602 g/mol. The Bertz CT molecular complexity index is 861. The highest BCUT2D eigenvalue weighted by Gasteiger charge is 2.63. The SMILES string of the molecule is CCCCCNC(=O)CCCCCCCCCCCCCO[C@H]1C[C@]2(C)[C@@H](O)CC[C@H]2[C@@H]2CC[C@H]3CC(=O)CC[C@]3(C)[C@H]21. The normalized spacial score (nSPS) is 35.3. The van der Waals surface area contributed by atoms with Crippen LogP contribution in [0.3, 0.4) is 0 Å². The van der Waals surface area contributed by atoms with Gasteiger partial charge in [-0.15, -0.1) is 0 Å². The maximum Gasteiger partial charge on any atom is 0.219 e. The molecular formula is C38H67NO4. The number of rotatable bonds is 19. The summed E-state index contributed by atoms with van der Waals surface area (Å²) in [6, 6.07) is 0. The Kier molecular flexibility index (Phi) is 13.9. The van der Waals surface area contributed by atoms with Crippen LogP contribution in [0.25, 0.3) is 0 Å². The molecule has 0 saturated heterocycles. The van der Waals surface area contributed by atoms with Gasteiger partial charge in [-0.25, -0.2) is 0 Å². The standard InChI is InChI=1S/C38H67NO4/c1-4-5-16-25-39-35(42)18-15-13-11-9-7-6-8-10-12-14-17-26-43-33-28-38(3)32(21-22-34(38)41)31-20-19-29-27-30(40)23-24-37(29,2)36(31)33/h29,31-34,36,41H,4-28H2,1-3H3,(H,39,42)/t29-,31-,32-,33-,34-,36+,37-,38-/m0/s1. The van der Waals surface area contributed by atoms with Crippen molar-refractivity contribution in [1.82, 2.24) is 5.32 Å². The Morgan fingerprint density at radius 3 is 2.23 bits per heavy atom. The van der Waals surface area contributed by atoms with E-state index >= 15 is 0 Å². The average Bonchev–Trinajstić information content (AvgIpc) is 3.29. The highest BCUT2D eigenvalue weighted by Crippen LogP contribution is 2.66. The number of fused-ring (bicyclic) bond motifs is 5. The summed E-state index contributed by atoms with van der Waals surface area (Å²) in [5.74, 6) is 3.06. The van der Waals surface area contributed by atoms with Crippen molar-refractivity contribution in [3.05, 3.63) is 0 Å². The third kappa shape index (κ3) is 9.08. The van der Waals surface area contributed by atoms with E-state index in [0.717, 1.165) is 64.5 Å². The van der Waals surface area contributed by atoms with E-state index in [0.29, 0.717) is 35.9 Å². The van der Waals surface area contributed by atoms with E-state index in [1.807, 2.05) is 0 Å². The first-order valence-corrected chi connectivity index (χ1v) is 18.9. The van der Waals surface area contributed by atoms with E-state index < -0.39 is 0 Å². The van der Waals surface area contributed by atoms with Crippen LogP contribution in [-0.2, 0) is 14.3 Å². The fourth-order valence-corrected chi connectivity index (χ4v) is 10.2. The molecule has 1 amide bonds. The van der Waals surface area contributed by atoms with Gasteiger partial charge in [0.2, 0.25) is 5.91 Å². The van der Waals surface area contributed by atoms with Crippen molar-refractivity contribution in [2.24, 2.45) is 34.5 Å². The third-order valence-corrected chi connectivity index (χ3v) is 12.8. The van der Waals surface area contributed by atoms with Gasteiger partial charge in [0, 0.05) is 32.4 Å². The van der Waals surface area contributed by atoms with Crippen LogP contribution in [-0.4, -0.2) is 42.2 Å². The van der Waals surface area contributed by atoms with Gasteiger partial charge in [0.05, 0.1) is 12.2 Å². The predicted molar refractivity (Wildman–Crippen MR) is 176 cm³/mol. The monoisotopic (exact) mass is 602 g/mol. The molecule has 2 N–H and O–H groups in total. The predicted octanol–water partition coefficient (Wildman–Crippen LogP) is 8.94. The lowest BCUT2D eigenvalue weighted by Crippen LogP contribution is -2.60. The third-order valence-electron chi connectivity index (χ3n) is 12.8. The Morgan fingerprint density at radius 1 is 0.860 bits per heavy atom. The van der Waals surface area contributed by atoms with E-state index in [9.17, 15) is 14.7 Å². The molecule has 0 heterocycles. The van der Waals surface area contributed by atoms with Crippen molar-refractivity contribution in [1.29, 1.82) is 0 Å². The summed E-state index contributed by atoms with van der Waals surface area (Å²) in [4.78, 5) is 24.2. The summed E-state index contributed by atoms with van der Waals surface area (Å²) in [6.07, 6.45) is 26.2. The number of aliphatic hydroxyl groups is 1. The number of nitrogens with one attached hydrogen (secondary N) is 1. The van der Waals surface area contributed by atoms with Gasteiger partial charge in [-0.05, 0) is 92.3 Å². The minimum Gasteiger partial charge on any atom is -0.393 e. The lowest BCUT2D eigenvalue weighted by molar-refractivity contribution is -0.192. The summed E-state index contributed by atoms with van der Waals surface area (Å²) >= 11 is 0. The molecule has 4 saturated carbocycles. The molecule has 5 heteroatoms. The minimum absolute atomic E-state index is 0.00202. The van der Waals surface area contributed by atoms with E-state index in [1.54, 1.807) is 0 Å². The van der Waals surface area contributed by atoms with Crippen LogP contribution in [0.15, 0.2) is 0 Å². The van der Waals surface area contributed by atoms with E-state index in [1.165, 1.54) is 89.9 Å². The number of unbranched alkanes of at least 4 members (excludes halogenated alkanes) is 12. The number of ether oxygens (including phenoxy) is 1. The quantitative estimate of drug-likeness (QED) is 0.145. The zero-order valence-electron chi connectivity index (χ0n) is 28.3. The Labute approximate surface area is 264 Å². The van der Waals surface area contributed by atoms with Crippen LogP contribution >= 0.6 is 0 Å². The number of amides is 1. The fraction of sp³-hybridized carbons (Fsp3) is 0.947. The Balaban J connectivity index is 1.08. The molecular weight excluding hydrogens is 534 g/mol. The van der Waals surface area contributed by atoms with Crippen LogP contribution in [0.1, 0.15) is 168 Å². The molecule has 0 spiro atoms. The highest BCUT2D eigenvalue weighted by atomic mass is 16.5. The second kappa shape index (κ2) is 17.1. The molecule has 43 heavy (non-hydrogen) atoms. The van der Waals surface area contributed by atoms with Crippen molar-refractivity contribution in [2.75, 3.05) is 13.2 Å². The van der Waals surface area contributed by atoms with Crippen LogP contribution in [0.2, 0.25) is 0 Å². The summed E-state index contributed by atoms with van der Waals surface area (Å²) in [6.45, 7) is 8.74. The van der Waals surface area contributed by atoms with Crippen LogP contribution < -0.4 is 5.32 Å². The zero-order valence-corrected chi connectivity index (χ0v) is 28.3. The van der Waals surface area contributed by atoms with Gasteiger partial charge in [0.1, 0.15) is 5.78 Å². The van der Waals surface area contributed by atoms with E-state index in [-0.39, 0.29) is 28.9 Å². The second-order valence-corrected chi connectivity index (χ2v) is 15.7. The summed E-state index contributed by atoms with van der Waals surface area (Å²) in [7, 11) is 0. The van der Waals surface area contributed by atoms with Gasteiger partial charge in [0.25, 0.3) is 0 Å². The van der Waals surface area contributed by atoms with Crippen molar-refractivity contribution in [3.63, 3.8) is 0 Å². The number of hydrogen-bond donors (Lipinski definition) is 2. The smallest absolute Gasteiger partial charge is 0.219 e. The first-order chi connectivity index (χ1) is 20.8. The molecule has 0 aromatic carbocycles. The van der Waals surface area contributed by atoms with Crippen molar-refractivity contribution in [2.45, 2.75) is 181 Å². The molecule has 4 fully saturated rings. The van der Waals surface area contributed by atoms with Gasteiger partial charge < -0.3 is 15.2 Å². The molecule has 5 nitrogen and oxygen atoms in total. The van der Waals surface area contributed by atoms with Crippen LogP contribution in [0.4, 0.5) is 0 Å². The maximum absolute atomic E-state index is 12.4. The minimum atomic E-state index is -0.186. The summed E-state index contributed by atoms with van der Waals surface area (Å²) in [5.41, 5.74) is 0.223. The molecule has 4 aliphatic carbocycles. The van der Waals surface area contributed by atoms with Crippen LogP contribution in [0, 0.1) is 34.5 Å². The van der Waals surface area contributed by atoms with Crippen molar-refractivity contribution in [3.8, 4) is 0 Å². The molecule has 0 aliphatic heterocycles. The molecule has 4 aliphatic rings. The lowest BCUT2D eigenvalue weighted by Gasteiger charge is -2.62. The fourth-order valence-electron chi connectivity index (χ4n) is 10.2. The van der Waals surface area contributed by atoms with Gasteiger partial charge in [-0.1, -0.05) is 91.4 Å². The van der Waals surface area contributed by atoms with Gasteiger partial charge in [-0.2, -0.15) is 0 Å². The summed E-state index contributed by atoms with van der Waals surface area (Å²) < 4.78 is 6.83. The van der Waals surface area contributed by atoms with Crippen molar-refractivity contribution >= 4 is 11.7 Å². The zero-order chi connectivity index (χ0) is 30.7. The van der Waals surface area contributed by atoms with Gasteiger partial charge in [-0.3, -0.25) is 9.59 Å². The number of ketones is 1. The first-order valence-electron chi connectivity index (χ1n) is 18.9. The highest BCUT2D eigenvalue weighted by molar-refractivity contribution is 5.79. The number of carbonyl (C=O) groups excluding carboxylic acids is 2. The molecule has 4 rings (SSSR count). The molecule has 0 unspecified atom stereocenters. The lowest BCUT2D eigenvalue weighted by atomic mass is 9.44. The Hall–Kier alpha value is -0.940. The summed E-state index contributed by atoms with van der Waals surface area (Å²) in [5, 5.41) is 14.1. The number of Topliss-reactive ketones (excluding diaryl/α,β-unsaturated/α-hetero) is 1. The maximum atomic E-state index is 12.4. The molecule has 248 valence electrons. The Morgan fingerprint density at radius 2 is 1.53 bits per heavy atom. The molecule has 0 bridgehead atoms. The van der Waals surface area contributed by atoms with Crippen LogP contribution in [0.5, 0.6) is 0 Å². The molecule has 8 atom stereocenters. The molecule has 0 aromatic heterocycles. The van der Waals surface area contributed by atoms with E-state index in [2.05, 4.69) is 26.1 Å². The van der Waals surface area contributed by atoms with E-state index in [4.69, 9.17) is 4.74 Å². The second-order valence-electron chi connectivity index (χ2n) is 15.7. The molecule has 0 radical (unpaired) electrons. The van der Waals surface area contributed by atoms with Crippen molar-refractivity contribution < 1.29 is 19.4 Å². The molecule has 0 aromatic rings. The topological polar surface area (TPSA) is 75.6 Å². The number of aliphatic hydroxyl groups excluding tert-OH is 1. The number of hydrogen-bond acceptors (Lipinski definition) is 4. The largest absolute Gasteiger partial charge is 0.393 e. The van der Waals surface area contributed by atoms with Gasteiger partial charge >= 0.3 is 0 Å². The first kappa shape index (κ1) is 34.9. The van der Waals surface area contributed by atoms with Gasteiger partial charge in [0.15, 0.2) is 0 Å². The number of carbonyl (C=O) groups is 2.